The van der Waals surface area contributed by atoms with Gasteiger partial charge in [-0.25, -0.2) is 0 Å². The van der Waals surface area contributed by atoms with Crippen molar-refractivity contribution in [2.45, 2.75) is 25.2 Å². The van der Waals surface area contributed by atoms with E-state index in [0.29, 0.717) is 23.4 Å². The van der Waals surface area contributed by atoms with Crippen LogP contribution in [-0.4, -0.2) is 10.8 Å². The molecule has 1 atom stereocenters. The van der Waals surface area contributed by atoms with Gasteiger partial charge in [0.15, 0.2) is 5.78 Å². The van der Waals surface area contributed by atoms with E-state index in [1.165, 1.54) is 0 Å². The first-order chi connectivity index (χ1) is 12.7. The number of hydrogen-bond acceptors (Lipinski definition) is 5. The number of carbonyl (C=O) groups is 1. The molecule has 1 aromatic carbocycles. The van der Waals surface area contributed by atoms with Crippen molar-refractivity contribution >= 4 is 11.5 Å². The van der Waals surface area contributed by atoms with Crippen LogP contribution in [0.3, 0.4) is 0 Å². The molecule has 0 fully saturated rings. The second kappa shape index (κ2) is 6.49. The highest BCUT2D eigenvalue weighted by molar-refractivity contribution is 6.01. The number of allylic oxidation sites excluding steroid dienone is 3. The fourth-order valence-electron chi connectivity index (χ4n) is 3.85. The standard InChI is InChI=1S/C21H18N4O/c22-13-16-19(14-9-11-24-12-10-14)20-17(7-4-8-18(20)26)25(21(16)23)15-5-2-1-3-6-15/h1-3,5-6,9-12,19H,4,7-8,23H2. The Balaban J connectivity index is 1.98. The van der Waals surface area contributed by atoms with Gasteiger partial charge in [0.1, 0.15) is 5.82 Å². The number of nitrogens with zero attached hydrogens (tertiary/aromatic N) is 3. The molecule has 0 saturated heterocycles. The van der Waals surface area contributed by atoms with Gasteiger partial charge in [0.25, 0.3) is 0 Å². The normalized spacial score (nSPS) is 20.0. The number of nitrogens with two attached hydrogens (primary N) is 1. The lowest BCUT2D eigenvalue weighted by Gasteiger charge is -2.39. The monoisotopic (exact) mass is 342 g/mol. The van der Waals surface area contributed by atoms with Crippen LogP contribution in [0.5, 0.6) is 0 Å². The van der Waals surface area contributed by atoms with Gasteiger partial charge >= 0.3 is 0 Å². The number of hydrogen-bond donors (Lipinski definition) is 1. The lowest BCUT2D eigenvalue weighted by atomic mass is 9.76. The predicted molar refractivity (Wildman–Crippen MR) is 98.6 cm³/mol. The summed E-state index contributed by atoms with van der Waals surface area (Å²) in [4.78, 5) is 18.8. The zero-order valence-electron chi connectivity index (χ0n) is 14.2. The highest BCUT2D eigenvalue weighted by Gasteiger charge is 2.40. The quantitative estimate of drug-likeness (QED) is 0.904. The Hall–Kier alpha value is -3.39. The van der Waals surface area contributed by atoms with Gasteiger partial charge in [-0.05, 0) is 42.7 Å². The molecule has 26 heavy (non-hydrogen) atoms. The molecule has 2 heterocycles. The van der Waals surface area contributed by atoms with Crippen molar-refractivity contribution < 1.29 is 4.79 Å². The zero-order valence-corrected chi connectivity index (χ0v) is 14.2. The smallest absolute Gasteiger partial charge is 0.161 e. The average molecular weight is 342 g/mol. The highest BCUT2D eigenvalue weighted by atomic mass is 16.1. The molecule has 0 bridgehead atoms. The van der Waals surface area contributed by atoms with Gasteiger partial charge in [0.05, 0.1) is 17.6 Å². The van der Waals surface area contributed by atoms with Crippen molar-refractivity contribution in [3.63, 3.8) is 0 Å². The van der Waals surface area contributed by atoms with Crippen LogP contribution in [0.4, 0.5) is 5.69 Å². The number of anilines is 1. The Morgan fingerprint density at radius 3 is 2.54 bits per heavy atom. The third-order valence-electron chi connectivity index (χ3n) is 4.97. The van der Waals surface area contributed by atoms with Crippen LogP contribution >= 0.6 is 0 Å². The molecular formula is C21H18N4O. The lowest BCUT2D eigenvalue weighted by molar-refractivity contribution is -0.116. The number of ketones is 1. The maximum absolute atomic E-state index is 12.9. The summed E-state index contributed by atoms with van der Waals surface area (Å²) in [5.41, 5.74) is 10.2. The molecule has 0 saturated carbocycles. The van der Waals surface area contributed by atoms with Gasteiger partial charge in [0.2, 0.25) is 0 Å². The molecule has 5 nitrogen and oxygen atoms in total. The van der Waals surface area contributed by atoms with Crippen LogP contribution in [0, 0.1) is 11.3 Å². The Bertz CT molecular complexity index is 955. The van der Waals surface area contributed by atoms with Crippen LogP contribution in [-0.2, 0) is 4.79 Å². The van der Waals surface area contributed by atoms with E-state index in [1.54, 1.807) is 12.4 Å². The molecule has 2 N–H and O–H groups in total. The summed E-state index contributed by atoms with van der Waals surface area (Å²) in [5, 5.41) is 9.87. The number of nitriles is 1. The zero-order chi connectivity index (χ0) is 18.1. The van der Waals surface area contributed by atoms with Gasteiger partial charge < -0.3 is 5.73 Å². The molecule has 1 aliphatic heterocycles. The minimum absolute atomic E-state index is 0.0919. The van der Waals surface area contributed by atoms with E-state index in [9.17, 15) is 10.1 Å². The summed E-state index contributed by atoms with van der Waals surface area (Å²) >= 11 is 0. The fraction of sp³-hybridized carbons (Fsp3) is 0.190. The second-order valence-electron chi connectivity index (χ2n) is 6.43. The van der Waals surface area contributed by atoms with Crippen molar-refractivity contribution in [1.29, 1.82) is 5.26 Å². The van der Waals surface area contributed by atoms with Gasteiger partial charge in [0, 0.05) is 35.8 Å². The molecule has 2 aliphatic rings. The van der Waals surface area contributed by atoms with E-state index in [-0.39, 0.29) is 5.78 Å². The molecule has 0 amide bonds. The number of pyridine rings is 1. The number of benzene rings is 1. The van der Waals surface area contributed by atoms with Gasteiger partial charge in [-0.15, -0.1) is 0 Å². The van der Waals surface area contributed by atoms with Gasteiger partial charge in [-0.3, -0.25) is 14.7 Å². The van der Waals surface area contributed by atoms with Crippen molar-refractivity contribution in [2.75, 3.05) is 4.90 Å². The maximum Gasteiger partial charge on any atom is 0.161 e. The molecule has 1 aromatic heterocycles. The van der Waals surface area contributed by atoms with Crippen LogP contribution in [0.25, 0.3) is 0 Å². The van der Waals surface area contributed by atoms with E-state index < -0.39 is 5.92 Å². The summed E-state index contributed by atoms with van der Waals surface area (Å²) in [7, 11) is 0. The van der Waals surface area contributed by atoms with Crippen LogP contribution in [0.15, 0.2) is 77.5 Å². The highest BCUT2D eigenvalue weighted by Crippen LogP contribution is 2.45. The van der Waals surface area contributed by atoms with E-state index >= 15 is 0 Å². The predicted octanol–water partition coefficient (Wildman–Crippen LogP) is 3.39. The van der Waals surface area contributed by atoms with Crippen molar-refractivity contribution in [3.8, 4) is 6.07 Å². The van der Waals surface area contributed by atoms with Gasteiger partial charge in [-0.2, -0.15) is 5.26 Å². The van der Waals surface area contributed by atoms with E-state index in [2.05, 4.69) is 11.1 Å². The molecule has 1 aliphatic carbocycles. The first kappa shape index (κ1) is 16.1. The van der Waals surface area contributed by atoms with Crippen molar-refractivity contribution in [1.82, 2.24) is 4.98 Å². The van der Waals surface area contributed by atoms with E-state index in [0.717, 1.165) is 29.8 Å². The average Bonchev–Trinajstić information content (AvgIpc) is 2.68. The summed E-state index contributed by atoms with van der Waals surface area (Å²) in [6.45, 7) is 0. The minimum Gasteiger partial charge on any atom is -0.384 e. The topological polar surface area (TPSA) is 83.0 Å². The van der Waals surface area contributed by atoms with Gasteiger partial charge in [-0.1, -0.05) is 18.2 Å². The first-order valence-electron chi connectivity index (χ1n) is 8.63. The Morgan fingerprint density at radius 1 is 1.12 bits per heavy atom. The third kappa shape index (κ3) is 2.47. The summed E-state index contributed by atoms with van der Waals surface area (Å²) in [5.74, 6) is 0.0639. The molecule has 128 valence electrons. The van der Waals surface area contributed by atoms with E-state index in [4.69, 9.17) is 5.73 Å². The molecular weight excluding hydrogens is 324 g/mol. The van der Waals surface area contributed by atoms with E-state index in [1.807, 2.05) is 47.4 Å². The summed E-state index contributed by atoms with van der Waals surface area (Å²) in [6, 6.07) is 15.6. The second-order valence-corrected chi connectivity index (χ2v) is 6.43. The molecule has 0 spiro atoms. The van der Waals surface area contributed by atoms with Crippen molar-refractivity contribution in [2.24, 2.45) is 5.73 Å². The van der Waals surface area contributed by atoms with Crippen LogP contribution < -0.4 is 10.6 Å². The first-order valence-corrected chi connectivity index (χ1v) is 8.63. The van der Waals surface area contributed by atoms with Crippen molar-refractivity contribution in [3.05, 3.63) is 83.1 Å². The Kier molecular flexibility index (Phi) is 4.02. The van der Waals surface area contributed by atoms with Crippen LogP contribution in [0.2, 0.25) is 0 Å². The number of para-hydroxylation sites is 1. The minimum atomic E-state index is -0.425. The SMILES string of the molecule is N#CC1=C(N)N(c2ccccc2)C2=C(C(=O)CCC2)C1c1ccncc1. The number of Topliss-reactive ketones (excluding diaryl/α,β-unsaturated/α-hetero) is 1. The number of rotatable bonds is 2. The molecule has 5 heteroatoms. The Morgan fingerprint density at radius 2 is 1.85 bits per heavy atom. The maximum atomic E-state index is 12.9. The largest absolute Gasteiger partial charge is 0.384 e. The molecule has 4 rings (SSSR count). The summed E-state index contributed by atoms with van der Waals surface area (Å²) in [6.07, 6.45) is 5.41. The fourth-order valence-corrected chi connectivity index (χ4v) is 3.85. The molecule has 2 aromatic rings. The number of aromatic nitrogens is 1. The number of carbonyl (C=O) groups excluding carboxylic acids is 1. The third-order valence-corrected chi connectivity index (χ3v) is 4.97. The lowest BCUT2D eigenvalue weighted by Crippen LogP contribution is -2.38. The summed E-state index contributed by atoms with van der Waals surface area (Å²) < 4.78 is 0. The molecule has 1 unspecified atom stereocenters. The Labute approximate surface area is 152 Å². The molecule has 0 radical (unpaired) electrons. The van der Waals surface area contributed by atoms with Crippen LogP contribution in [0.1, 0.15) is 30.7 Å².